The van der Waals surface area contributed by atoms with Gasteiger partial charge in [0.25, 0.3) is 0 Å². The second-order valence-corrected chi connectivity index (χ2v) is 12.0. The molecule has 5 rings (SSSR count). The highest BCUT2D eigenvalue weighted by atomic mass is 16.6. The summed E-state index contributed by atoms with van der Waals surface area (Å²) in [5, 5.41) is 16.7. The van der Waals surface area contributed by atoms with E-state index >= 15 is 0 Å². The molecule has 1 amide bonds. The molecule has 3 N–H and O–H groups in total. The maximum Gasteiger partial charge on any atom is 0.407 e. The maximum atomic E-state index is 12.5. The van der Waals surface area contributed by atoms with E-state index in [2.05, 4.69) is 94.5 Å². The molecule has 2 heterocycles. The lowest BCUT2D eigenvalue weighted by atomic mass is 9.76. The fraction of sp³-hybridized carbons (Fsp3) is 0.353. The van der Waals surface area contributed by atoms with E-state index in [1.54, 1.807) is 0 Å². The van der Waals surface area contributed by atoms with Gasteiger partial charge in [0.15, 0.2) is 0 Å². The summed E-state index contributed by atoms with van der Waals surface area (Å²) in [5.41, 5.74) is 2.99. The van der Waals surface area contributed by atoms with E-state index in [9.17, 15) is 14.7 Å². The Morgan fingerprint density at radius 1 is 0.929 bits per heavy atom. The Labute approximate surface area is 248 Å². The summed E-state index contributed by atoms with van der Waals surface area (Å²) in [6.45, 7) is 7.01. The quantitative estimate of drug-likeness (QED) is 0.308. The van der Waals surface area contributed by atoms with Crippen molar-refractivity contribution in [2.75, 3.05) is 19.8 Å². The Balaban J connectivity index is 1.42. The van der Waals surface area contributed by atoms with Crippen LogP contribution in [-0.4, -0.2) is 64.4 Å². The van der Waals surface area contributed by atoms with E-state index in [-0.39, 0.29) is 6.04 Å². The van der Waals surface area contributed by atoms with Crippen LogP contribution in [0.25, 0.3) is 0 Å². The number of rotatable bonds is 9. The Morgan fingerprint density at radius 3 is 1.93 bits per heavy atom. The SMILES string of the molecule is CC(C)(C)OC(=O)N[C@H]1CCN([C@@H](CC2=CN(C(c3ccccc3)(c3ccccc3)c3ccccc3)CN2)C(=O)O)C1. The van der Waals surface area contributed by atoms with Crippen molar-refractivity contribution in [2.24, 2.45) is 0 Å². The van der Waals surface area contributed by atoms with Crippen LogP contribution in [0.4, 0.5) is 4.79 Å². The zero-order valence-corrected chi connectivity index (χ0v) is 24.5. The average molecular weight is 569 g/mol. The summed E-state index contributed by atoms with van der Waals surface area (Å²) in [6.07, 6.45) is 2.59. The molecule has 0 aromatic heterocycles. The minimum atomic E-state index is -0.880. The monoisotopic (exact) mass is 568 g/mol. The first-order valence-electron chi connectivity index (χ1n) is 14.5. The number of hydrogen-bond donors (Lipinski definition) is 3. The second kappa shape index (κ2) is 12.3. The number of ether oxygens (including phenoxy) is 1. The molecule has 1 fully saturated rings. The minimum absolute atomic E-state index is 0.161. The van der Waals surface area contributed by atoms with Crippen molar-refractivity contribution >= 4 is 12.1 Å². The number of carboxylic acid groups (broad SMARTS) is 1. The molecule has 3 aromatic rings. The summed E-state index contributed by atoms with van der Waals surface area (Å²) in [6, 6.07) is 30.4. The van der Waals surface area contributed by atoms with Crippen LogP contribution >= 0.6 is 0 Å². The molecular weight excluding hydrogens is 528 g/mol. The van der Waals surface area contributed by atoms with Gasteiger partial charge in [-0.05, 0) is 43.9 Å². The number of benzene rings is 3. The third kappa shape index (κ3) is 6.29. The van der Waals surface area contributed by atoms with Crippen molar-refractivity contribution < 1.29 is 19.4 Å². The summed E-state index contributed by atoms with van der Waals surface area (Å²) in [4.78, 5) is 29.0. The van der Waals surface area contributed by atoms with Gasteiger partial charge in [0.2, 0.25) is 0 Å². The van der Waals surface area contributed by atoms with Crippen LogP contribution in [-0.2, 0) is 15.1 Å². The molecule has 0 unspecified atom stereocenters. The van der Waals surface area contributed by atoms with Crippen LogP contribution in [0, 0.1) is 0 Å². The van der Waals surface area contributed by atoms with Gasteiger partial charge in [-0.15, -0.1) is 0 Å². The van der Waals surface area contributed by atoms with Crippen LogP contribution in [0.2, 0.25) is 0 Å². The van der Waals surface area contributed by atoms with Crippen LogP contribution in [0.15, 0.2) is 103 Å². The summed E-state index contributed by atoms with van der Waals surface area (Å²) < 4.78 is 5.39. The molecule has 0 bridgehead atoms. The van der Waals surface area contributed by atoms with Crippen LogP contribution < -0.4 is 10.6 Å². The van der Waals surface area contributed by atoms with Gasteiger partial charge >= 0.3 is 12.1 Å². The third-order valence-electron chi connectivity index (χ3n) is 7.87. The fourth-order valence-corrected chi connectivity index (χ4v) is 6.09. The van der Waals surface area contributed by atoms with E-state index in [1.807, 2.05) is 43.9 Å². The average Bonchev–Trinajstić information content (AvgIpc) is 3.63. The Hall–Kier alpha value is -4.30. The Morgan fingerprint density at radius 2 is 1.45 bits per heavy atom. The number of hydrogen-bond acceptors (Lipinski definition) is 6. The van der Waals surface area contributed by atoms with Gasteiger partial charge in [0.05, 0.1) is 6.67 Å². The smallest absolute Gasteiger partial charge is 0.407 e. The van der Waals surface area contributed by atoms with Gasteiger partial charge in [-0.25, -0.2) is 4.79 Å². The van der Waals surface area contributed by atoms with Crippen molar-refractivity contribution in [3.05, 3.63) is 120 Å². The van der Waals surface area contributed by atoms with Crippen LogP contribution in [0.5, 0.6) is 0 Å². The first kappa shape index (κ1) is 29.2. The summed E-state index contributed by atoms with van der Waals surface area (Å²) >= 11 is 0. The van der Waals surface area contributed by atoms with E-state index in [0.717, 1.165) is 22.4 Å². The number of aliphatic carboxylic acids is 1. The van der Waals surface area contributed by atoms with Crippen LogP contribution in [0.3, 0.4) is 0 Å². The zero-order valence-electron chi connectivity index (χ0n) is 24.5. The highest BCUT2D eigenvalue weighted by Crippen LogP contribution is 2.43. The molecule has 3 aromatic carbocycles. The molecule has 1 saturated heterocycles. The molecule has 2 aliphatic rings. The number of likely N-dealkylation sites (tertiary alicyclic amines) is 1. The molecule has 2 aliphatic heterocycles. The molecule has 0 saturated carbocycles. The topological polar surface area (TPSA) is 94.1 Å². The predicted molar refractivity (Wildman–Crippen MR) is 163 cm³/mol. The molecule has 8 nitrogen and oxygen atoms in total. The molecule has 2 atom stereocenters. The maximum absolute atomic E-state index is 12.5. The lowest BCUT2D eigenvalue weighted by Crippen LogP contribution is -2.46. The Bertz CT molecular complexity index is 1290. The van der Waals surface area contributed by atoms with E-state index in [4.69, 9.17) is 4.74 Å². The summed E-state index contributed by atoms with van der Waals surface area (Å²) in [7, 11) is 0. The van der Waals surface area contributed by atoms with Gasteiger partial charge in [0.1, 0.15) is 17.2 Å². The van der Waals surface area contributed by atoms with Crippen molar-refractivity contribution in [3.8, 4) is 0 Å². The normalized spacial score (nSPS) is 18.2. The number of carbonyl (C=O) groups excluding carboxylic acids is 1. The highest BCUT2D eigenvalue weighted by molar-refractivity contribution is 5.74. The number of carbonyl (C=O) groups is 2. The number of alkyl carbamates (subject to hydrolysis) is 1. The largest absolute Gasteiger partial charge is 0.480 e. The molecular formula is C34H40N4O4. The molecule has 220 valence electrons. The van der Waals surface area contributed by atoms with Gasteiger partial charge in [-0.3, -0.25) is 9.69 Å². The lowest BCUT2D eigenvalue weighted by molar-refractivity contribution is -0.142. The van der Waals surface area contributed by atoms with Crippen LogP contribution in [0.1, 0.15) is 50.3 Å². The molecule has 0 radical (unpaired) electrons. The number of carboxylic acids is 1. The zero-order chi connectivity index (χ0) is 29.7. The molecule has 0 aliphatic carbocycles. The third-order valence-corrected chi connectivity index (χ3v) is 7.87. The first-order chi connectivity index (χ1) is 20.2. The molecule has 8 heteroatoms. The molecule has 42 heavy (non-hydrogen) atoms. The minimum Gasteiger partial charge on any atom is -0.480 e. The number of nitrogens with zero attached hydrogens (tertiary/aromatic N) is 2. The standard InChI is InChI=1S/C34H40N4O4/c1-33(2,3)42-32(41)36-28-19-20-37(22-28)30(31(39)40)21-29-23-38(24-35-29)34(25-13-7-4-8-14-25,26-15-9-5-10-16-26)27-17-11-6-12-18-27/h4-18,23,28,30,35H,19-22,24H2,1-3H3,(H,36,41)(H,39,40)/t28-,30-/m0/s1. The first-order valence-corrected chi connectivity index (χ1v) is 14.5. The van der Waals surface area contributed by atoms with Crippen molar-refractivity contribution in [1.82, 2.24) is 20.4 Å². The van der Waals surface area contributed by atoms with Gasteiger partial charge in [0, 0.05) is 37.4 Å². The predicted octanol–water partition coefficient (Wildman–Crippen LogP) is 5.12. The lowest BCUT2D eigenvalue weighted by Gasteiger charge is -2.43. The van der Waals surface area contributed by atoms with E-state index < -0.39 is 29.2 Å². The number of nitrogens with one attached hydrogen (secondary N) is 2. The number of amides is 1. The Kier molecular flexibility index (Phi) is 8.54. The van der Waals surface area contributed by atoms with Crippen molar-refractivity contribution in [3.63, 3.8) is 0 Å². The fourth-order valence-electron chi connectivity index (χ4n) is 6.09. The summed E-state index contributed by atoms with van der Waals surface area (Å²) in [5.74, 6) is -0.880. The van der Waals surface area contributed by atoms with Gasteiger partial charge in [-0.2, -0.15) is 0 Å². The van der Waals surface area contributed by atoms with Gasteiger partial charge in [-0.1, -0.05) is 91.0 Å². The highest BCUT2D eigenvalue weighted by Gasteiger charge is 2.43. The van der Waals surface area contributed by atoms with Crippen molar-refractivity contribution in [2.45, 2.75) is 56.8 Å². The second-order valence-electron chi connectivity index (χ2n) is 12.0. The molecule has 0 spiro atoms. The van der Waals surface area contributed by atoms with E-state index in [0.29, 0.717) is 32.6 Å². The van der Waals surface area contributed by atoms with Gasteiger partial charge < -0.3 is 25.4 Å². The van der Waals surface area contributed by atoms with E-state index in [1.165, 1.54) is 0 Å². The van der Waals surface area contributed by atoms with Crippen molar-refractivity contribution in [1.29, 1.82) is 0 Å².